The Hall–Kier alpha value is -3.64. The SMILES string of the molecule is O=C(NCc1ccccc1-c1ccc(Cn2cccn2)cc1)C1CCN(c2ccc(Cl)cn2)CC1. The van der Waals surface area contributed by atoms with Gasteiger partial charge in [-0.05, 0) is 53.3 Å². The Kier molecular flexibility index (Phi) is 7.09. The number of halogens is 1. The lowest BCUT2D eigenvalue weighted by Gasteiger charge is -2.32. The number of pyridine rings is 1. The number of anilines is 1. The summed E-state index contributed by atoms with van der Waals surface area (Å²) in [6.07, 6.45) is 7.05. The fraction of sp³-hybridized carbons (Fsp3) is 0.250. The maximum absolute atomic E-state index is 12.9. The van der Waals surface area contributed by atoms with E-state index in [0.29, 0.717) is 11.6 Å². The maximum atomic E-state index is 12.9. The Labute approximate surface area is 210 Å². The Bertz CT molecular complexity index is 1250. The van der Waals surface area contributed by atoms with Crippen molar-refractivity contribution < 1.29 is 4.79 Å². The first-order chi connectivity index (χ1) is 17.2. The lowest BCUT2D eigenvalue weighted by Crippen LogP contribution is -2.40. The molecule has 1 amide bonds. The Balaban J connectivity index is 1.18. The van der Waals surface area contributed by atoms with Crippen LogP contribution in [0.15, 0.2) is 85.3 Å². The lowest BCUT2D eigenvalue weighted by atomic mass is 9.95. The number of nitrogens with one attached hydrogen (secondary N) is 1. The topological polar surface area (TPSA) is 63.1 Å². The molecule has 5 rings (SSSR count). The van der Waals surface area contributed by atoms with Gasteiger partial charge < -0.3 is 10.2 Å². The van der Waals surface area contributed by atoms with Crippen LogP contribution in [0.3, 0.4) is 0 Å². The second-order valence-corrected chi connectivity index (χ2v) is 9.31. The van der Waals surface area contributed by atoms with Crippen molar-refractivity contribution >= 4 is 23.3 Å². The fourth-order valence-corrected chi connectivity index (χ4v) is 4.69. The first-order valence-electron chi connectivity index (χ1n) is 11.9. The summed E-state index contributed by atoms with van der Waals surface area (Å²) in [7, 11) is 0. The minimum absolute atomic E-state index is 0.0206. The maximum Gasteiger partial charge on any atom is 0.223 e. The number of hydrogen-bond donors (Lipinski definition) is 1. The molecule has 2 aromatic heterocycles. The highest BCUT2D eigenvalue weighted by Crippen LogP contribution is 2.26. The van der Waals surface area contributed by atoms with Gasteiger partial charge in [-0.25, -0.2) is 4.98 Å². The van der Waals surface area contributed by atoms with Gasteiger partial charge in [0.05, 0.1) is 11.6 Å². The molecule has 3 heterocycles. The number of amides is 1. The molecule has 0 unspecified atom stereocenters. The van der Waals surface area contributed by atoms with Crippen molar-refractivity contribution in [2.45, 2.75) is 25.9 Å². The van der Waals surface area contributed by atoms with Gasteiger partial charge in [-0.15, -0.1) is 0 Å². The van der Waals surface area contributed by atoms with Gasteiger partial charge >= 0.3 is 0 Å². The minimum atomic E-state index is 0.0206. The number of hydrogen-bond acceptors (Lipinski definition) is 4. The van der Waals surface area contributed by atoms with Crippen LogP contribution >= 0.6 is 11.6 Å². The van der Waals surface area contributed by atoms with Crippen molar-refractivity contribution in [3.05, 3.63) is 101 Å². The van der Waals surface area contributed by atoms with E-state index in [1.54, 1.807) is 12.4 Å². The minimum Gasteiger partial charge on any atom is -0.357 e. The van der Waals surface area contributed by atoms with Crippen LogP contribution in [0, 0.1) is 5.92 Å². The normalized spacial score (nSPS) is 14.1. The van der Waals surface area contributed by atoms with Crippen LogP contribution in [-0.2, 0) is 17.9 Å². The predicted molar refractivity (Wildman–Crippen MR) is 139 cm³/mol. The molecule has 178 valence electrons. The van der Waals surface area contributed by atoms with Gasteiger partial charge in [-0.3, -0.25) is 9.48 Å². The molecule has 0 saturated carbocycles. The number of piperidine rings is 1. The van der Waals surface area contributed by atoms with Crippen LogP contribution in [0.25, 0.3) is 11.1 Å². The smallest absolute Gasteiger partial charge is 0.223 e. The summed E-state index contributed by atoms with van der Waals surface area (Å²) >= 11 is 5.95. The molecule has 0 aliphatic carbocycles. The summed E-state index contributed by atoms with van der Waals surface area (Å²) in [6, 6.07) is 22.5. The summed E-state index contributed by atoms with van der Waals surface area (Å²) < 4.78 is 1.91. The standard InChI is InChI=1S/C28H28ClN5O/c29-25-10-11-27(30-19-25)33-16-12-23(13-17-33)28(35)31-18-24-4-1-2-5-26(24)22-8-6-21(7-9-22)20-34-15-3-14-32-34/h1-11,14-15,19,23H,12-13,16-18,20H2,(H,31,35). The molecule has 1 N–H and O–H groups in total. The van der Waals surface area contributed by atoms with E-state index in [1.165, 1.54) is 5.56 Å². The highest BCUT2D eigenvalue weighted by molar-refractivity contribution is 6.30. The van der Waals surface area contributed by atoms with Crippen LogP contribution in [-0.4, -0.2) is 33.8 Å². The van der Waals surface area contributed by atoms with Crippen LogP contribution in [0.4, 0.5) is 5.82 Å². The second kappa shape index (κ2) is 10.7. The molecule has 0 atom stereocenters. The average Bonchev–Trinajstić information content (AvgIpc) is 3.42. The van der Waals surface area contributed by atoms with E-state index in [2.05, 4.69) is 56.7 Å². The molecule has 4 aromatic rings. The number of carbonyl (C=O) groups is 1. The molecular weight excluding hydrogens is 458 g/mol. The van der Waals surface area contributed by atoms with Gasteiger partial charge in [0, 0.05) is 44.1 Å². The number of rotatable bonds is 7. The quantitative estimate of drug-likeness (QED) is 0.392. The third-order valence-corrected chi connectivity index (χ3v) is 6.76. The van der Waals surface area contributed by atoms with Gasteiger partial charge in [0.2, 0.25) is 5.91 Å². The van der Waals surface area contributed by atoms with Crippen molar-refractivity contribution in [3.63, 3.8) is 0 Å². The summed E-state index contributed by atoms with van der Waals surface area (Å²) in [6.45, 7) is 2.89. The molecule has 1 fully saturated rings. The van der Waals surface area contributed by atoms with E-state index < -0.39 is 0 Å². The first-order valence-corrected chi connectivity index (χ1v) is 12.3. The van der Waals surface area contributed by atoms with E-state index in [1.807, 2.05) is 41.2 Å². The monoisotopic (exact) mass is 485 g/mol. The van der Waals surface area contributed by atoms with Gasteiger partial charge in [0.25, 0.3) is 0 Å². The van der Waals surface area contributed by atoms with Crippen molar-refractivity contribution in [2.75, 3.05) is 18.0 Å². The average molecular weight is 486 g/mol. The van der Waals surface area contributed by atoms with Crippen molar-refractivity contribution in [3.8, 4) is 11.1 Å². The molecule has 1 saturated heterocycles. The van der Waals surface area contributed by atoms with E-state index in [9.17, 15) is 4.79 Å². The van der Waals surface area contributed by atoms with E-state index in [4.69, 9.17) is 11.6 Å². The molecule has 0 spiro atoms. The second-order valence-electron chi connectivity index (χ2n) is 8.87. The summed E-state index contributed by atoms with van der Waals surface area (Å²) in [5, 5.41) is 8.09. The Morgan fingerprint density at radius 2 is 1.80 bits per heavy atom. The largest absolute Gasteiger partial charge is 0.357 e. The number of nitrogens with zero attached hydrogens (tertiary/aromatic N) is 4. The number of benzene rings is 2. The third-order valence-electron chi connectivity index (χ3n) is 6.54. The van der Waals surface area contributed by atoms with E-state index >= 15 is 0 Å². The Morgan fingerprint density at radius 1 is 1.00 bits per heavy atom. The molecule has 7 heteroatoms. The molecule has 35 heavy (non-hydrogen) atoms. The van der Waals surface area contributed by atoms with Crippen LogP contribution < -0.4 is 10.2 Å². The summed E-state index contributed by atoms with van der Waals surface area (Å²) in [4.78, 5) is 19.5. The van der Waals surface area contributed by atoms with Gasteiger partial charge in [-0.2, -0.15) is 5.10 Å². The van der Waals surface area contributed by atoms with Crippen molar-refractivity contribution in [1.29, 1.82) is 0 Å². The highest BCUT2D eigenvalue weighted by Gasteiger charge is 2.25. The molecule has 1 aliphatic heterocycles. The van der Waals surface area contributed by atoms with E-state index in [0.717, 1.165) is 55.0 Å². The molecule has 0 bridgehead atoms. The van der Waals surface area contributed by atoms with Crippen molar-refractivity contribution in [1.82, 2.24) is 20.1 Å². The van der Waals surface area contributed by atoms with Gasteiger partial charge in [0.1, 0.15) is 5.82 Å². The predicted octanol–water partition coefficient (Wildman–Crippen LogP) is 5.18. The first kappa shape index (κ1) is 23.1. The number of carbonyl (C=O) groups excluding carboxylic acids is 1. The lowest BCUT2D eigenvalue weighted by molar-refractivity contribution is -0.125. The van der Waals surface area contributed by atoms with Gasteiger partial charge in [-0.1, -0.05) is 60.1 Å². The highest BCUT2D eigenvalue weighted by atomic mass is 35.5. The molecule has 0 radical (unpaired) electrons. The third kappa shape index (κ3) is 5.72. The molecule has 1 aliphatic rings. The molecular formula is C28H28ClN5O. The molecule has 2 aromatic carbocycles. The number of aromatic nitrogens is 3. The fourth-order valence-electron chi connectivity index (χ4n) is 4.58. The van der Waals surface area contributed by atoms with Crippen LogP contribution in [0.2, 0.25) is 5.02 Å². The van der Waals surface area contributed by atoms with Crippen molar-refractivity contribution in [2.24, 2.45) is 5.92 Å². The zero-order chi connectivity index (χ0) is 24.0. The van der Waals surface area contributed by atoms with Gasteiger partial charge in [0.15, 0.2) is 0 Å². The zero-order valence-corrected chi connectivity index (χ0v) is 20.2. The summed E-state index contributed by atoms with van der Waals surface area (Å²) in [5.41, 5.74) is 4.59. The van der Waals surface area contributed by atoms with Crippen LogP contribution in [0.5, 0.6) is 0 Å². The van der Waals surface area contributed by atoms with Crippen LogP contribution in [0.1, 0.15) is 24.0 Å². The van der Waals surface area contributed by atoms with E-state index in [-0.39, 0.29) is 11.8 Å². The zero-order valence-electron chi connectivity index (χ0n) is 19.5. The molecule has 6 nitrogen and oxygen atoms in total. The Morgan fingerprint density at radius 3 is 2.51 bits per heavy atom. The summed E-state index contributed by atoms with van der Waals surface area (Å²) in [5.74, 6) is 1.06.